The van der Waals surface area contributed by atoms with E-state index in [-0.39, 0.29) is 0 Å². The highest BCUT2D eigenvalue weighted by Crippen LogP contribution is 2.29. The third-order valence-corrected chi connectivity index (χ3v) is 4.38. The summed E-state index contributed by atoms with van der Waals surface area (Å²) in [5.41, 5.74) is 3.72. The molecule has 0 aliphatic heterocycles. The maximum absolute atomic E-state index is 10.5. The average Bonchev–Trinajstić information content (AvgIpc) is 2.91. The molecule has 0 fully saturated rings. The summed E-state index contributed by atoms with van der Waals surface area (Å²) in [6.45, 7) is 6.02. The Morgan fingerprint density at radius 1 is 1.33 bits per heavy atom. The molecule has 0 aliphatic carbocycles. The summed E-state index contributed by atoms with van der Waals surface area (Å²) in [5, 5.41) is 14.6. The van der Waals surface area contributed by atoms with Crippen LogP contribution in [0.4, 0.5) is 0 Å². The fourth-order valence-corrected chi connectivity index (χ4v) is 3.11. The number of aryl methyl sites for hydroxylation is 2. The van der Waals surface area contributed by atoms with Gasteiger partial charge in [-0.1, -0.05) is 17.8 Å². The van der Waals surface area contributed by atoms with Crippen molar-refractivity contribution in [3.8, 4) is 5.75 Å². The lowest BCUT2D eigenvalue weighted by molar-refractivity contribution is 0.179. The van der Waals surface area contributed by atoms with Crippen LogP contribution in [-0.4, -0.2) is 26.8 Å². The number of aliphatic hydroxyl groups is 1. The van der Waals surface area contributed by atoms with Gasteiger partial charge >= 0.3 is 0 Å². The molecule has 5 nitrogen and oxygen atoms in total. The Hall–Kier alpha value is -1.53. The number of pyridine rings is 1. The van der Waals surface area contributed by atoms with Gasteiger partial charge in [-0.3, -0.25) is 4.98 Å². The zero-order chi connectivity index (χ0) is 15.4. The highest BCUT2D eigenvalue weighted by atomic mass is 32.1. The van der Waals surface area contributed by atoms with Gasteiger partial charge in [0.1, 0.15) is 5.75 Å². The van der Waals surface area contributed by atoms with Gasteiger partial charge in [-0.15, -0.1) is 5.10 Å². The smallest absolute Gasteiger partial charge is 0.128 e. The lowest BCUT2D eigenvalue weighted by Gasteiger charge is -2.14. The van der Waals surface area contributed by atoms with Crippen LogP contribution in [0.1, 0.15) is 46.8 Å². The van der Waals surface area contributed by atoms with E-state index in [1.165, 1.54) is 11.5 Å². The van der Waals surface area contributed by atoms with Gasteiger partial charge in [0.15, 0.2) is 0 Å². The minimum absolute atomic E-state index is 0.447. The van der Waals surface area contributed by atoms with Crippen molar-refractivity contribution >= 4 is 11.5 Å². The normalized spacial score (nSPS) is 12.4. The molecule has 2 aromatic heterocycles. The van der Waals surface area contributed by atoms with E-state index in [4.69, 9.17) is 4.74 Å². The van der Waals surface area contributed by atoms with Crippen molar-refractivity contribution in [3.63, 3.8) is 0 Å². The van der Waals surface area contributed by atoms with Gasteiger partial charge in [0.2, 0.25) is 0 Å². The van der Waals surface area contributed by atoms with Crippen molar-refractivity contribution in [2.75, 3.05) is 7.11 Å². The summed E-state index contributed by atoms with van der Waals surface area (Å²) in [6, 6.07) is 0. The fourth-order valence-electron chi connectivity index (χ4n) is 2.43. The summed E-state index contributed by atoms with van der Waals surface area (Å²) in [7, 11) is 1.65. The number of aliphatic hydroxyl groups excluding tert-OH is 1. The zero-order valence-corrected chi connectivity index (χ0v) is 13.7. The predicted octanol–water partition coefficient (Wildman–Crippen LogP) is 2.79. The van der Waals surface area contributed by atoms with E-state index < -0.39 is 6.10 Å². The second kappa shape index (κ2) is 6.95. The molecule has 1 unspecified atom stereocenters. The Balaban J connectivity index is 2.23. The van der Waals surface area contributed by atoms with Crippen molar-refractivity contribution < 1.29 is 9.84 Å². The summed E-state index contributed by atoms with van der Waals surface area (Å²) in [5.74, 6) is 0.836. The first-order valence-corrected chi connectivity index (χ1v) is 7.84. The molecule has 0 aromatic carbocycles. The lowest BCUT2D eigenvalue weighted by Crippen LogP contribution is -2.07. The molecule has 0 aliphatic rings. The van der Waals surface area contributed by atoms with E-state index in [2.05, 4.69) is 21.5 Å². The quantitative estimate of drug-likeness (QED) is 0.888. The standard InChI is InChI=1S/C15H21N3O2S/c1-5-6-11-15(21-18-17-11)13(19)7-12-10(3)14(20-4)9(2)8-16-12/h8,13,19H,5-7H2,1-4H3. The lowest BCUT2D eigenvalue weighted by atomic mass is 10.0. The highest BCUT2D eigenvalue weighted by Gasteiger charge is 2.20. The molecule has 1 N–H and O–H groups in total. The first-order valence-electron chi connectivity index (χ1n) is 7.06. The maximum atomic E-state index is 10.5. The van der Waals surface area contributed by atoms with Crippen molar-refractivity contribution in [1.29, 1.82) is 0 Å². The molecule has 0 saturated heterocycles. The van der Waals surface area contributed by atoms with Gasteiger partial charge in [0.25, 0.3) is 0 Å². The molecule has 0 bridgehead atoms. The van der Waals surface area contributed by atoms with Gasteiger partial charge in [0, 0.05) is 29.4 Å². The van der Waals surface area contributed by atoms with Crippen LogP contribution in [0.15, 0.2) is 6.20 Å². The molecule has 2 heterocycles. The van der Waals surface area contributed by atoms with E-state index in [0.717, 1.165) is 46.0 Å². The molecule has 2 aromatic rings. The summed E-state index contributed by atoms with van der Waals surface area (Å²) in [4.78, 5) is 5.28. The molecule has 0 amide bonds. The minimum atomic E-state index is -0.620. The van der Waals surface area contributed by atoms with E-state index in [9.17, 15) is 5.11 Å². The monoisotopic (exact) mass is 307 g/mol. The first kappa shape index (κ1) is 15.9. The molecule has 0 saturated carbocycles. The molecule has 0 spiro atoms. The Bertz CT molecular complexity index is 613. The zero-order valence-electron chi connectivity index (χ0n) is 12.9. The van der Waals surface area contributed by atoms with E-state index in [1.54, 1.807) is 13.3 Å². The van der Waals surface area contributed by atoms with Crippen LogP contribution in [0.25, 0.3) is 0 Å². The Kier molecular flexibility index (Phi) is 5.25. The summed E-state index contributed by atoms with van der Waals surface area (Å²) < 4.78 is 9.37. The van der Waals surface area contributed by atoms with Crippen LogP contribution in [0, 0.1) is 13.8 Å². The van der Waals surface area contributed by atoms with Crippen LogP contribution < -0.4 is 4.74 Å². The van der Waals surface area contributed by atoms with Crippen molar-refractivity contribution in [3.05, 3.63) is 33.6 Å². The Labute approximate surface area is 129 Å². The van der Waals surface area contributed by atoms with Crippen LogP contribution in [-0.2, 0) is 12.8 Å². The number of methoxy groups -OCH3 is 1. The first-order chi connectivity index (χ1) is 10.1. The number of ether oxygens (including phenoxy) is 1. The summed E-state index contributed by atoms with van der Waals surface area (Å²) >= 11 is 1.27. The second-order valence-corrected chi connectivity index (χ2v) is 5.89. The number of aromatic nitrogens is 3. The predicted molar refractivity (Wildman–Crippen MR) is 82.8 cm³/mol. The van der Waals surface area contributed by atoms with Crippen LogP contribution in [0.2, 0.25) is 0 Å². The topological polar surface area (TPSA) is 68.1 Å². The van der Waals surface area contributed by atoms with Crippen molar-refractivity contribution in [2.24, 2.45) is 0 Å². The number of nitrogens with zero attached hydrogens (tertiary/aromatic N) is 3. The second-order valence-electron chi connectivity index (χ2n) is 5.10. The average molecular weight is 307 g/mol. The molecule has 0 radical (unpaired) electrons. The Morgan fingerprint density at radius 3 is 2.76 bits per heavy atom. The van der Waals surface area contributed by atoms with Crippen LogP contribution in [0.3, 0.4) is 0 Å². The van der Waals surface area contributed by atoms with E-state index in [0.29, 0.717) is 6.42 Å². The van der Waals surface area contributed by atoms with Crippen LogP contribution in [0.5, 0.6) is 5.75 Å². The van der Waals surface area contributed by atoms with Gasteiger partial charge in [0.05, 0.1) is 23.8 Å². The Morgan fingerprint density at radius 2 is 2.10 bits per heavy atom. The van der Waals surface area contributed by atoms with Gasteiger partial charge in [-0.2, -0.15) is 0 Å². The molecule has 2 rings (SSSR count). The maximum Gasteiger partial charge on any atom is 0.128 e. The molecular weight excluding hydrogens is 286 g/mol. The largest absolute Gasteiger partial charge is 0.496 e. The number of hydrogen-bond donors (Lipinski definition) is 1. The van der Waals surface area contributed by atoms with E-state index >= 15 is 0 Å². The SMILES string of the molecule is CCCc1nnsc1C(O)Cc1ncc(C)c(OC)c1C. The third-order valence-electron chi connectivity index (χ3n) is 3.51. The minimum Gasteiger partial charge on any atom is -0.496 e. The van der Waals surface area contributed by atoms with Gasteiger partial charge < -0.3 is 9.84 Å². The molecule has 114 valence electrons. The number of hydrogen-bond acceptors (Lipinski definition) is 6. The molecule has 21 heavy (non-hydrogen) atoms. The highest BCUT2D eigenvalue weighted by molar-refractivity contribution is 7.05. The van der Waals surface area contributed by atoms with Crippen molar-refractivity contribution in [2.45, 2.75) is 46.1 Å². The molecular formula is C15H21N3O2S. The van der Waals surface area contributed by atoms with Crippen molar-refractivity contribution in [1.82, 2.24) is 14.6 Å². The molecule has 6 heteroatoms. The van der Waals surface area contributed by atoms with Gasteiger partial charge in [-0.05, 0) is 31.8 Å². The third kappa shape index (κ3) is 3.39. The number of rotatable bonds is 6. The summed E-state index contributed by atoms with van der Waals surface area (Å²) in [6.07, 6.45) is 3.44. The van der Waals surface area contributed by atoms with E-state index in [1.807, 2.05) is 13.8 Å². The van der Waals surface area contributed by atoms with Crippen LogP contribution >= 0.6 is 11.5 Å². The van der Waals surface area contributed by atoms with Gasteiger partial charge in [-0.25, -0.2) is 0 Å². The molecule has 1 atom stereocenters. The fraction of sp³-hybridized carbons (Fsp3) is 0.533.